The van der Waals surface area contributed by atoms with Crippen molar-refractivity contribution in [2.75, 3.05) is 0 Å². The highest BCUT2D eigenvalue weighted by Crippen LogP contribution is 2.28. The minimum atomic E-state index is -0.383. The van der Waals surface area contributed by atoms with Crippen LogP contribution in [-0.4, -0.2) is 15.0 Å². The maximum Gasteiger partial charge on any atom is 0.344 e. The molecule has 33 heavy (non-hydrogen) atoms. The molecule has 0 fully saturated rings. The summed E-state index contributed by atoms with van der Waals surface area (Å²) in [6.45, 7) is 0. The predicted molar refractivity (Wildman–Crippen MR) is 130 cm³/mol. The van der Waals surface area contributed by atoms with Gasteiger partial charge in [0.25, 0.3) is 0 Å². The first-order valence-electron chi connectivity index (χ1n) is 10.6. The van der Waals surface area contributed by atoms with Gasteiger partial charge in [-0.3, -0.25) is 0 Å². The van der Waals surface area contributed by atoms with Gasteiger partial charge in [-0.05, 0) is 17.5 Å². The molecule has 4 aromatic carbocycles. The van der Waals surface area contributed by atoms with Crippen molar-refractivity contribution in [2.45, 2.75) is 0 Å². The summed E-state index contributed by atoms with van der Waals surface area (Å²) in [5, 5.41) is 2.23. The lowest BCUT2D eigenvalue weighted by molar-refractivity contribution is 0.569. The summed E-state index contributed by atoms with van der Waals surface area (Å²) >= 11 is 0. The zero-order chi connectivity index (χ0) is 22.2. The standard InChI is InChI=1S/C28H17N3O2/c32-28-23-17-20(15-16-21(23)22-13-7-8-14-24(22)33-28)27-30-25(18-9-3-1-4-10-18)29-26(31-27)19-11-5-2-6-12-19/h1-17H. The number of hydrogen-bond donors (Lipinski definition) is 0. The van der Waals surface area contributed by atoms with E-state index in [0.29, 0.717) is 28.4 Å². The fourth-order valence-corrected chi connectivity index (χ4v) is 3.96. The van der Waals surface area contributed by atoms with E-state index in [1.165, 1.54) is 0 Å². The lowest BCUT2D eigenvalue weighted by atomic mass is 10.0. The van der Waals surface area contributed by atoms with E-state index in [4.69, 9.17) is 19.4 Å². The minimum absolute atomic E-state index is 0.383. The van der Waals surface area contributed by atoms with Crippen LogP contribution in [0.25, 0.3) is 55.9 Å². The first-order chi connectivity index (χ1) is 16.3. The van der Waals surface area contributed by atoms with Gasteiger partial charge in [-0.15, -0.1) is 0 Å². The van der Waals surface area contributed by atoms with Crippen LogP contribution in [0.4, 0.5) is 0 Å². The van der Waals surface area contributed by atoms with Crippen LogP contribution in [0.2, 0.25) is 0 Å². The molecule has 0 aliphatic rings. The maximum atomic E-state index is 12.7. The summed E-state index contributed by atoms with van der Waals surface area (Å²) < 4.78 is 5.54. The average Bonchev–Trinajstić information content (AvgIpc) is 2.89. The second-order valence-corrected chi connectivity index (χ2v) is 7.68. The topological polar surface area (TPSA) is 68.9 Å². The van der Waals surface area contributed by atoms with Gasteiger partial charge in [-0.25, -0.2) is 19.7 Å². The summed E-state index contributed by atoms with van der Waals surface area (Å²) in [5.74, 6) is 1.65. The van der Waals surface area contributed by atoms with Crippen LogP contribution in [0.15, 0.2) is 112 Å². The molecule has 0 unspecified atom stereocenters. The van der Waals surface area contributed by atoms with Gasteiger partial charge in [0.15, 0.2) is 17.5 Å². The van der Waals surface area contributed by atoms with Gasteiger partial charge in [0.2, 0.25) is 0 Å². The normalized spacial score (nSPS) is 11.2. The molecule has 0 saturated carbocycles. The summed E-state index contributed by atoms with van der Waals surface area (Å²) in [6.07, 6.45) is 0. The molecule has 0 spiro atoms. The fourth-order valence-electron chi connectivity index (χ4n) is 3.96. The van der Waals surface area contributed by atoms with Crippen molar-refractivity contribution in [3.8, 4) is 34.2 Å². The number of hydrogen-bond acceptors (Lipinski definition) is 5. The van der Waals surface area contributed by atoms with Gasteiger partial charge in [0.05, 0.1) is 5.39 Å². The third-order valence-electron chi connectivity index (χ3n) is 5.58. The van der Waals surface area contributed by atoms with Gasteiger partial charge in [-0.1, -0.05) is 91.0 Å². The molecule has 0 aliphatic carbocycles. The van der Waals surface area contributed by atoms with Crippen LogP contribution in [0.3, 0.4) is 0 Å². The highest BCUT2D eigenvalue weighted by molar-refractivity contribution is 6.05. The van der Waals surface area contributed by atoms with E-state index in [2.05, 4.69) is 0 Å². The maximum absolute atomic E-state index is 12.7. The molecule has 0 N–H and O–H groups in total. The zero-order valence-electron chi connectivity index (χ0n) is 17.5. The molecule has 0 radical (unpaired) electrons. The minimum Gasteiger partial charge on any atom is -0.422 e. The average molecular weight is 427 g/mol. The molecule has 0 saturated heterocycles. The fraction of sp³-hybridized carbons (Fsp3) is 0. The van der Waals surface area contributed by atoms with Crippen LogP contribution in [-0.2, 0) is 0 Å². The Morgan fingerprint density at radius 3 is 1.67 bits per heavy atom. The Hall–Kier alpha value is -4.64. The SMILES string of the molecule is O=c1oc2ccccc2c2ccc(-c3nc(-c4ccccc4)nc(-c4ccccc4)n3)cc12. The molecule has 0 aliphatic heterocycles. The van der Waals surface area contributed by atoms with Crippen molar-refractivity contribution >= 4 is 21.7 Å². The number of aromatic nitrogens is 3. The Morgan fingerprint density at radius 1 is 0.485 bits per heavy atom. The van der Waals surface area contributed by atoms with E-state index < -0.39 is 0 Å². The molecule has 6 aromatic rings. The monoisotopic (exact) mass is 427 g/mol. The van der Waals surface area contributed by atoms with Crippen molar-refractivity contribution in [2.24, 2.45) is 0 Å². The summed E-state index contributed by atoms with van der Waals surface area (Å²) in [4.78, 5) is 26.9. The van der Waals surface area contributed by atoms with Crippen LogP contribution >= 0.6 is 0 Å². The molecule has 0 bridgehead atoms. The van der Waals surface area contributed by atoms with Crippen LogP contribution in [0.1, 0.15) is 0 Å². The number of benzene rings is 4. The summed E-state index contributed by atoms with van der Waals surface area (Å²) in [6, 6.07) is 32.8. The molecular formula is C28H17N3O2. The molecule has 2 aromatic heterocycles. The van der Waals surface area contributed by atoms with Crippen molar-refractivity contribution < 1.29 is 4.42 Å². The highest BCUT2D eigenvalue weighted by atomic mass is 16.4. The number of para-hydroxylation sites is 1. The van der Waals surface area contributed by atoms with Crippen molar-refractivity contribution in [1.82, 2.24) is 15.0 Å². The molecule has 0 amide bonds. The van der Waals surface area contributed by atoms with Crippen LogP contribution in [0.5, 0.6) is 0 Å². The molecule has 0 atom stereocenters. The molecule has 156 valence electrons. The summed E-state index contributed by atoms with van der Waals surface area (Å²) in [7, 11) is 0. The van der Waals surface area contributed by atoms with E-state index >= 15 is 0 Å². The number of rotatable bonds is 3. The van der Waals surface area contributed by atoms with E-state index in [0.717, 1.165) is 27.5 Å². The quantitative estimate of drug-likeness (QED) is 0.251. The first kappa shape index (κ1) is 19.1. The van der Waals surface area contributed by atoms with Crippen molar-refractivity contribution in [1.29, 1.82) is 0 Å². The van der Waals surface area contributed by atoms with E-state index in [1.54, 1.807) is 12.1 Å². The van der Waals surface area contributed by atoms with Gasteiger partial charge < -0.3 is 4.42 Å². The predicted octanol–water partition coefficient (Wildman–Crippen LogP) is 6.13. The molecular weight excluding hydrogens is 410 g/mol. The first-order valence-corrected chi connectivity index (χ1v) is 10.6. The third-order valence-corrected chi connectivity index (χ3v) is 5.58. The molecule has 2 heterocycles. The summed E-state index contributed by atoms with van der Waals surface area (Å²) in [5.41, 5.74) is 2.70. The Kier molecular flexibility index (Phi) is 4.51. The zero-order valence-corrected chi connectivity index (χ0v) is 17.5. The Labute approximate surface area is 189 Å². The van der Waals surface area contributed by atoms with Crippen LogP contribution in [0, 0.1) is 0 Å². The number of nitrogens with zero attached hydrogens (tertiary/aromatic N) is 3. The molecule has 6 rings (SSSR count). The lowest BCUT2D eigenvalue weighted by Crippen LogP contribution is -2.02. The Bertz CT molecular complexity index is 1620. The lowest BCUT2D eigenvalue weighted by Gasteiger charge is -2.09. The van der Waals surface area contributed by atoms with E-state index in [-0.39, 0.29) is 5.63 Å². The second kappa shape index (κ2) is 7.80. The highest BCUT2D eigenvalue weighted by Gasteiger charge is 2.14. The molecule has 5 heteroatoms. The number of fused-ring (bicyclic) bond motifs is 3. The van der Waals surface area contributed by atoms with Crippen molar-refractivity contribution in [3.63, 3.8) is 0 Å². The smallest absolute Gasteiger partial charge is 0.344 e. The second-order valence-electron chi connectivity index (χ2n) is 7.68. The van der Waals surface area contributed by atoms with Gasteiger partial charge in [0.1, 0.15) is 5.58 Å². The van der Waals surface area contributed by atoms with E-state index in [9.17, 15) is 4.79 Å². The largest absolute Gasteiger partial charge is 0.422 e. The Morgan fingerprint density at radius 2 is 1.03 bits per heavy atom. The van der Waals surface area contributed by atoms with E-state index in [1.807, 2.05) is 91.0 Å². The van der Waals surface area contributed by atoms with Crippen molar-refractivity contribution in [3.05, 3.63) is 114 Å². The third kappa shape index (κ3) is 3.46. The van der Waals surface area contributed by atoms with Gasteiger partial charge in [-0.2, -0.15) is 0 Å². The van der Waals surface area contributed by atoms with Gasteiger partial charge in [0, 0.05) is 22.1 Å². The Balaban J connectivity index is 1.59. The van der Waals surface area contributed by atoms with Gasteiger partial charge >= 0.3 is 5.63 Å². The molecule has 5 nitrogen and oxygen atoms in total. The van der Waals surface area contributed by atoms with Crippen LogP contribution < -0.4 is 5.63 Å².